The van der Waals surface area contributed by atoms with Crippen molar-refractivity contribution in [2.24, 2.45) is 0 Å². The largest absolute Gasteiger partial charge is 0.308 e. The third-order valence-corrected chi connectivity index (χ3v) is 7.09. The first-order valence-electron chi connectivity index (χ1n) is 6.66. The molecule has 0 bridgehead atoms. The Balaban J connectivity index is 1.66. The molecule has 102 valence electrons. The maximum Gasteiger partial charge on any atom is 0.0464 e. The van der Waals surface area contributed by atoms with Gasteiger partial charge in [-0.2, -0.15) is 11.8 Å². The van der Waals surface area contributed by atoms with E-state index in [0.29, 0.717) is 10.8 Å². The van der Waals surface area contributed by atoms with E-state index in [-0.39, 0.29) is 0 Å². The SMILES string of the molecule is CSC1(CNC(Cc2cccs2)c2cccs2)CC1. The maximum absolute atomic E-state index is 3.81. The van der Waals surface area contributed by atoms with E-state index in [4.69, 9.17) is 0 Å². The molecular weight excluding hydrogens is 290 g/mol. The highest BCUT2D eigenvalue weighted by Crippen LogP contribution is 2.46. The fourth-order valence-corrected chi connectivity index (χ4v) is 4.59. The fourth-order valence-electron chi connectivity index (χ4n) is 2.29. The molecule has 0 spiro atoms. The Morgan fingerprint density at radius 3 is 2.63 bits per heavy atom. The Kier molecular flexibility index (Phi) is 4.32. The lowest BCUT2D eigenvalue weighted by Gasteiger charge is -2.20. The maximum atomic E-state index is 3.81. The lowest BCUT2D eigenvalue weighted by molar-refractivity contribution is 0.534. The predicted octanol–water partition coefficient (Wildman–Crippen LogP) is 4.58. The van der Waals surface area contributed by atoms with Gasteiger partial charge in [-0.3, -0.25) is 0 Å². The van der Waals surface area contributed by atoms with Crippen molar-refractivity contribution in [2.45, 2.75) is 30.1 Å². The van der Waals surface area contributed by atoms with Crippen molar-refractivity contribution < 1.29 is 0 Å². The van der Waals surface area contributed by atoms with Gasteiger partial charge in [0.15, 0.2) is 0 Å². The second-order valence-corrected chi connectivity index (χ2v) is 8.41. The van der Waals surface area contributed by atoms with Crippen LogP contribution in [0.25, 0.3) is 0 Å². The molecule has 1 saturated carbocycles. The topological polar surface area (TPSA) is 12.0 Å². The van der Waals surface area contributed by atoms with Gasteiger partial charge in [-0.05, 0) is 42.0 Å². The minimum atomic E-state index is 0.475. The van der Waals surface area contributed by atoms with Crippen LogP contribution in [0.3, 0.4) is 0 Å². The van der Waals surface area contributed by atoms with Crippen LogP contribution < -0.4 is 5.32 Å². The summed E-state index contributed by atoms with van der Waals surface area (Å²) in [7, 11) is 0. The number of rotatable bonds is 7. The van der Waals surface area contributed by atoms with Crippen LogP contribution in [0.1, 0.15) is 28.6 Å². The molecule has 0 saturated heterocycles. The van der Waals surface area contributed by atoms with Crippen molar-refractivity contribution in [1.82, 2.24) is 5.32 Å². The first-order chi connectivity index (χ1) is 9.31. The normalized spacial score (nSPS) is 18.4. The van der Waals surface area contributed by atoms with Crippen molar-refractivity contribution >= 4 is 34.4 Å². The van der Waals surface area contributed by atoms with Gasteiger partial charge in [0.25, 0.3) is 0 Å². The van der Waals surface area contributed by atoms with Crippen molar-refractivity contribution in [1.29, 1.82) is 0 Å². The van der Waals surface area contributed by atoms with E-state index in [1.54, 1.807) is 0 Å². The molecule has 19 heavy (non-hydrogen) atoms. The van der Waals surface area contributed by atoms with Crippen LogP contribution in [-0.2, 0) is 6.42 Å². The quantitative estimate of drug-likeness (QED) is 0.803. The molecule has 1 aliphatic rings. The Labute approximate surface area is 127 Å². The summed E-state index contributed by atoms with van der Waals surface area (Å²) < 4.78 is 0.533. The first-order valence-corrected chi connectivity index (χ1v) is 9.64. The minimum absolute atomic E-state index is 0.475. The van der Waals surface area contributed by atoms with Crippen LogP contribution >= 0.6 is 34.4 Å². The van der Waals surface area contributed by atoms with Crippen LogP contribution in [0.15, 0.2) is 35.0 Å². The zero-order valence-electron chi connectivity index (χ0n) is 11.1. The summed E-state index contributed by atoms with van der Waals surface area (Å²) in [5.41, 5.74) is 0. The van der Waals surface area contributed by atoms with Gasteiger partial charge in [0.05, 0.1) is 0 Å². The molecule has 1 nitrogen and oxygen atoms in total. The third kappa shape index (κ3) is 3.43. The predicted molar refractivity (Wildman–Crippen MR) is 88.6 cm³/mol. The monoisotopic (exact) mass is 309 g/mol. The number of nitrogens with one attached hydrogen (secondary N) is 1. The molecule has 3 rings (SSSR count). The summed E-state index contributed by atoms with van der Waals surface area (Å²) in [6, 6.07) is 9.28. The van der Waals surface area contributed by atoms with E-state index >= 15 is 0 Å². The number of thioether (sulfide) groups is 1. The molecule has 1 aliphatic carbocycles. The molecule has 2 aromatic heterocycles. The summed E-state index contributed by atoms with van der Waals surface area (Å²) in [5.74, 6) is 0. The number of thiophene rings is 2. The van der Waals surface area contributed by atoms with E-state index in [0.717, 1.165) is 13.0 Å². The molecule has 1 atom stereocenters. The van der Waals surface area contributed by atoms with Gasteiger partial charge in [0.1, 0.15) is 0 Å². The van der Waals surface area contributed by atoms with Crippen molar-refractivity contribution in [3.8, 4) is 0 Å². The molecule has 0 aromatic carbocycles. The summed E-state index contributed by atoms with van der Waals surface area (Å²) in [6.07, 6.45) is 6.10. The van der Waals surface area contributed by atoms with Gasteiger partial charge < -0.3 is 5.32 Å². The molecule has 0 amide bonds. The lowest BCUT2D eigenvalue weighted by atomic mass is 10.1. The smallest absolute Gasteiger partial charge is 0.0464 e. The minimum Gasteiger partial charge on any atom is -0.308 e. The van der Waals surface area contributed by atoms with Gasteiger partial charge >= 0.3 is 0 Å². The van der Waals surface area contributed by atoms with Crippen molar-refractivity contribution in [3.63, 3.8) is 0 Å². The van der Waals surface area contributed by atoms with Crippen molar-refractivity contribution in [3.05, 3.63) is 44.8 Å². The standard InChI is InChI=1S/C15H19NS3/c1-17-15(6-7-15)11-16-13(14-5-3-9-19-14)10-12-4-2-8-18-12/h2-5,8-9,13,16H,6-7,10-11H2,1H3. The third-order valence-electron chi connectivity index (χ3n) is 3.78. The molecule has 0 radical (unpaired) electrons. The van der Waals surface area contributed by atoms with Crippen LogP contribution in [0.2, 0.25) is 0 Å². The molecule has 4 heteroatoms. The van der Waals surface area contributed by atoms with Gasteiger partial charge in [0.2, 0.25) is 0 Å². The summed E-state index contributed by atoms with van der Waals surface area (Å²) >= 11 is 5.76. The van der Waals surface area contributed by atoms with Crippen LogP contribution in [0.5, 0.6) is 0 Å². The molecule has 0 aliphatic heterocycles. The zero-order chi connectivity index (χ0) is 13.1. The average molecular weight is 310 g/mol. The zero-order valence-corrected chi connectivity index (χ0v) is 13.5. The second-order valence-electron chi connectivity index (χ2n) is 5.12. The first kappa shape index (κ1) is 13.7. The van der Waals surface area contributed by atoms with Crippen LogP contribution in [-0.4, -0.2) is 17.5 Å². The average Bonchev–Trinajstić information content (AvgIpc) is 2.88. The van der Waals surface area contributed by atoms with Crippen molar-refractivity contribution in [2.75, 3.05) is 12.8 Å². The highest BCUT2D eigenvalue weighted by Gasteiger charge is 2.41. The van der Waals surface area contributed by atoms with Crippen LogP contribution in [0.4, 0.5) is 0 Å². The Hall–Kier alpha value is -0.290. The molecule has 2 heterocycles. The Bertz CT molecular complexity index is 485. The molecule has 1 N–H and O–H groups in total. The lowest BCUT2D eigenvalue weighted by Crippen LogP contribution is -2.30. The van der Waals surface area contributed by atoms with Gasteiger partial charge in [-0.1, -0.05) is 12.1 Å². The summed E-state index contributed by atoms with van der Waals surface area (Å²) in [4.78, 5) is 2.94. The second kappa shape index (κ2) is 6.00. The molecule has 1 unspecified atom stereocenters. The summed E-state index contributed by atoms with van der Waals surface area (Å²) in [5, 5.41) is 8.16. The summed E-state index contributed by atoms with van der Waals surface area (Å²) in [6.45, 7) is 1.14. The molecule has 2 aromatic rings. The van der Waals surface area contributed by atoms with Gasteiger partial charge in [-0.25, -0.2) is 0 Å². The Morgan fingerprint density at radius 2 is 2.05 bits per heavy atom. The fraction of sp³-hybridized carbons (Fsp3) is 0.467. The van der Waals surface area contributed by atoms with Gasteiger partial charge in [-0.15, -0.1) is 22.7 Å². The van der Waals surface area contributed by atoms with E-state index in [1.807, 2.05) is 34.4 Å². The molecular formula is C15H19NS3. The highest BCUT2D eigenvalue weighted by molar-refractivity contribution is 8.00. The number of hydrogen-bond donors (Lipinski definition) is 1. The van der Waals surface area contributed by atoms with E-state index in [2.05, 4.69) is 46.6 Å². The Morgan fingerprint density at radius 1 is 1.26 bits per heavy atom. The van der Waals surface area contributed by atoms with E-state index in [1.165, 1.54) is 22.6 Å². The van der Waals surface area contributed by atoms with Gasteiger partial charge in [0, 0.05) is 33.5 Å². The highest BCUT2D eigenvalue weighted by atomic mass is 32.2. The molecule has 1 fully saturated rings. The van der Waals surface area contributed by atoms with E-state index < -0.39 is 0 Å². The van der Waals surface area contributed by atoms with E-state index in [9.17, 15) is 0 Å². The van der Waals surface area contributed by atoms with Crippen LogP contribution in [0, 0.1) is 0 Å². The number of hydrogen-bond acceptors (Lipinski definition) is 4.